The molecule has 2 aromatic rings. The maximum Gasteiger partial charge on any atom is 0.411 e. The van der Waals surface area contributed by atoms with Gasteiger partial charge in [-0.2, -0.15) is 0 Å². The smallest absolute Gasteiger partial charge is 0.411 e. The zero-order chi connectivity index (χ0) is 23.1. The van der Waals surface area contributed by atoms with E-state index >= 15 is 0 Å². The molecule has 0 bridgehead atoms. The van der Waals surface area contributed by atoms with Crippen molar-refractivity contribution < 1.29 is 19.1 Å². The number of nitrogen functional groups attached to an aromatic ring is 1. The largest absolute Gasteiger partial charge is 0.461 e. The van der Waals surface area contributed by atoms with Crippen LogP contribution in [-0.4, -0.2) is 34.7 Å². The fourth-order valence-electron chi connectivity index (χ4n) is 3.85. The van der Waals surface area contributed by atoms with E-state index in [1.54, 1.807) is 12.1 Å². The van der Waals surface area contributed by atoms with Gasteiger partial charge >= 0.3 is 12.1 Å². The van der Waals surface area contributed by atoms with Crippen LogP contribution >= 0.6 is 0 Å². The molecule has 2 N–H and O–H groups in total. The lowest BCUT2D eigenvalue weighted by molar-refractivity contribution is -0.155. The van der Waals surface area contributed by atoms with Gasteiger partial charge in [-0.05, 0) is 69.7 Å². The molecule has 1 saturated carbocycles. The fourth-order valence-corrected chi connectivity index (χ4v) is 3.85. The molecule has 0 spiro atoms. The van der Waals surface area contributed by atoms with Crippen LogP contribution in [0.25, 0.3) is 0 Å². The Hall–Kier alpha value is -3.02. The second-order valence-electron chi connectivity index (χ2n) is 9.40. The number of nitrogens with two attached hydrogens (primary N) is 1. The molecule has 3 rings (SSSR count). The van der Waals surface area contributed by atoms with Gasteiger partial charge in [-0.25, -0.2) is 9.59 Å². The quantitative estimate of drug-likeness (QED) is 0.480. The van der Waals surface area contributed by atoms with Crippen LogP contribution in [0, 0.1) is 0 Å². The number of hydrogen-bond donors (Lipinski definition) is 1. The Morgan fingerprint density at radius 1 is 1.00 bits per heavy atom. The van der Waals surface area contributed by atoms with E-state index in [2.05, 4.69) is 0 Å². The van der Waals surface area contributed by atoms with Gasteiger partial charge in [0.1, 0.15) is 17.7 Å². The third kappa shape index (κ3) is 7.01. The monoisotopic (exact) mass is 438 g/mol. The lowest BCUT2D eigenvalue weighted by Crippen LogP contribution is -2.49. The Balaban J connectivity index is 1.92. The van der Waals surface area contributed by atoms with Crippen LogP contribution in [0.5, 0.6) is 0 Å². The van der Waals surface area contributed by atoms with Crippen molar-refractivity contribution in [3.63, 3.8) is 0 Å². The molecular weight excluding hydrogens is 404 g/mol. The summed E-state index contributed by atoms with van der Waals surface area (Å²) in [5.74, 6) is -0.387. The summed E-state index contributed by atoms with van der Waals surface area (Å²) in [6.07, 6.45) is 3.57. The fraction of sp³-hybridized carbons (Fsp3) is 0.462. The minimum atomic E-state index is -0.801. The van der Waals surface area contributed by atoms with Crippen LogP contribution in [0.2, 0.25) is 0 Å². The van der Waals surface area contributed by atoms with Gasteiger partial charge < -0.3 is 15.2 Å². The molecule has 0 heterocycles. The first kappa shape index (κ1) is 23.6. The highest BCUT2D eigenvalue weighted by Crippen LogP contribution is 2.24. The molecule has 2 aromatic carbocycles. The van der Waals surface area contributed by atoms with Crippen molar-refractivity contribution in [2.24, 2.45) is 0 Å². The summed E-state index contributed by atoms with van der Waals surface area (Å²) in [7, 11) is 0. The zero-order valence-corrected chi connectivity index (χ0v) is 19.3. The van der Waals surface area contributed by atoms with E-state index in [4.69, 9.17) is 15.2 Å². The van der Waals surface area contributed by atoms with Gasteiger partial charge in [-0.15, -0.1) is 0 Å². The van der Waals surface area contributed by atoms with Gasteiger partial charge in [0.15, 0.2) is 0 Å². The molecule has 0 aromatic heterocycles. The van der Waals surface area contributed by atoms with Crippen LogP contribution < -0.4 is 5.73 Å². The van der Waals surface area contributed by atoms with E-state index in [1.165, 1.54) is 4.90 Å². The number of nitrogens with zero attached hydrogens (tertiary/aromatic N) is 1. The summed E-state index contributed by atoms with van der Waals surface area (Å²) in [6.45, 7) is 5.66. The third-order valence-electron chi connectivity index (χ3n) is 5.47. The molecule has 6 heteroatoms. The summed E-state index contributed by atoms with van der Waals surface area (Å²) in [6, 6.07) is 16.2. The average Bonchev–Trinajstić information content (AvgIpc) is 3.24. The first-order chi connectivity index (χ1) is 15.2. The predicted octanol–water partition coefficient (Wildman–Crippen LogP) is 5.10. The summed E-state index contributed by atoms with van der Waals surface area (Å²) < 4.78 is 11.5. The number of carbonyl (C=O) groups is 2. The van der Waals surface area contributed by atoms with Crippen LogP contribution in [-0.2, 0) is 27.2 Å². The van der Waals surface area contributed by atoms with E-state index in [0.717, 1.165) is 36.8 Å². The summed E-state index contributed by atoms with van der Waals surface area (Å²) >= 11 is 0. The van der Waals surface area contributed by atoms with Crippen LogP contribution in [0.3, 0.4) is 0 Å². The van der Waals surface area contributed by atoms with E-state index in [-0.39, 0.29) is 18.6 Å². The SMILES string of the molecule is CC(C)(C)OC(=O)N(Cc1ccc(N)cc1)[C@@H](Cc1ccccc1)C(=O)OC1CCCC1. The van der Waals surface area contributed by atoms with Gasteiger partial charge in [-0.1, -0.05) is 42.5 Å². The van der Waals surface area contributed by atoms with Gasteiger partial charge in [0.2, 0.25) is 0 Å². The lowest BCUT2D eigenvalue weighted by atomic mass is 10.0. The standard InChI is InChI=1S/C26H34N2O4/c1-26(2,3)32-25(30)28(18-20-13-15-21(27)16-14-20)23(17-19-9-5-4-6-10-19)24(29)31-22-11-7-8-12-22/h4-6,9-10,13-16,22-23H,7-8,11-12,17-18,27H2,1-3H3/t23-/m0/s1. The van der Waals surface area contributed by atoms with Crippen LogP contribution in [0.4, 0.5) is 10.5 Å². The van der Waals surface area contributed by atoms with Crippen molar-refractivity contribution in [3.05, 3.63) is 65.7 Å². The number of esters is 1. The first-order valence-electron chi connectivity index (χ1n) is 11.3. The van der Waals surface area contributed by atoms with Crippen molar-refractivity contribution in [1.29, 1.82) is 0 Å². The number of rotatable bonds is 7. The molecular formula is C26H34N2O4. The number of ether oxygens (including phenoxy) is 2. The molecule has 0 unspecified atom stereocenters. The molecule has 32 heavy (non-hydrogen) atoms. The first-order valence-corrected chi connectivity index (χ1v) is 11.3. The normalized spacial score (nSPS) is 15.2. The Labute approximate surface area is 190 Å². The van der Waals surface area contributed by atoms with Gasteiger partial charge in [0.05, 0.1) is 0 Å². The number of carbonyl (C=O) groups excluding carboxylic acids is 2. The molecule has 1 aliphatic rings. The summed E-state index contributed by atoms with van der Waals surface area (Å²) in [4.78, 5) is 28.1. The minimum Gasteiger partial charge on any atom is -0.461 e. The maximum atomic E-state index is 13.4. The van der Waals surface area contributed by atoms with E-state index in [0.29, 0.717) is 12.1 Å². The van der Waals surface area contributed by atoms with Crippen molar-refractivity contribution >= 4 is 17.7 Å². The molecule has 1 amide bonds. The Bertz CT molecular complexity index is 884. The summed E-state index contributed by atoms with van der Waals surface area (Å²) in [5.41, 5.74) is 7.58. The van der Waals surface area contributed by atoms with Gasteiger partial charge in [-0.3, -0.25) is 4.90 Å². The molecule has 1 aliphatic carbocycles. The molecule has 172 valence electrons. The van der Waals surface area contributed by atoms with Crippen molar-refractivity contribution in [2.75, 3.05) is 5.73 Å². The zero-order valence-electron chi connectivity index (χ0n) is 19.3. The topological polar surface area (TPSA) is 81.9 Å². The molecule has 0 radical (unpaired) electrons. The van der Waals surface area contributed by atoms with E-state index in [1.807, 2.05) is 63.2 Å². The lowest BCUT2D eigenvalue weighted by Gasteiger charge is -2.33. The van der Waals surface area contributed by atoms with E-state index < -0.39 is 17.7 Å². The molecule has 1 fully saturated rings. The second-order valence-corrected chi connectivity index (χ2v) is 9.40. The van der Waals surface area contributed by atoms with Crippen molar-refractivity contribution in [2.45, 2.75) is 77.2 Å². The Kier molecular flexibility index (Phi) is 7.78. The van der Waals surface area contributed by atoms with Crippen LogP contribution in [0.1, 0.15) is 57.6 Å². The Morgan fingerprint density at radius 2 is 1.62 bits per heavy atom. The Morgan fingerprint density at radius 3 is 2.22 bits per heavy atom. The molecule has 6 nitrogen and oxygen atoms in total. The van der Waals surface area contributed by atoms with Gasteiger partial charge in [0, 0.05) is 18.7 Å². The van der Waals surface area contributed by atoms with Gasteiger partial charge in [0.25, 0.3) is 0 Å². The average molecular weight is 439 g/mol. The highest BCUT2D eigenvalue weighted by atomic mass is 16.6. The molecule has 0 saturated heterocycles. The van der Waals surface area contributed by atoms with Crippen molar-refractivity contribution in [3.8, 4) is 0 Å². The highest BCUT2D eigenvalue weighted by molar-refractivity contribution is 5.82. The molecule has 0 aliphatic heterocycles. The minimum absolute atomic E-state index is 0.0854. The molecule has 1 atom stereocenters. The number of benzene rings is 2. The predicted molar refractivity (Wildman–Crippen MR) is 125 cm³/mol. The highest BCUT2D eigenvalue weighted by Gasteiger charge is 2.36. The maximum absolute atomic E-state index is 13.4. The number of hydrogen-bond acceptors (Lipinski definition) is 5. The number of anilines is 1. The third-order valence-corrected chi connectivity index (χ3v) is 5.47. The van der Waals surface area contributed by atoms with Crippen molar-refractivity contribution in [1.82, 2.24) is 4.90 Å². The summed E-state index contributed by atoms with van der Waals surface area (Å²) in [5, 5.41) is 0. The van der Waals surface area contributed by atoms with E-state index in [9.17, 15) is 9.59 Å². The van der Waals surface area contributed by atoms with Crippen LogP contribution in [0.15, 0.2) is 54.6 Å². The second kappa shape index (κ2) is 10.5. The number of amides is 1.